The molecule has 3 N–H and O–H groups in total. The largest absolute Gasteiger partial charge is 0.444 e. The van der Waals surface area contributed by atoms with Gasteiger partial charge in [-0.1, -0.05) is 20.3 Å². The van der Waals surface area contributed by atoms with Crippen LogP contribution in [0, 0.1) is 5.92 Å². The predicted molar refractivity (Wildman–Crippen MR) is 86.5 cm³/mol. The van der Waals surface area contributed by atoms with Gasteiger partial charge in [0.2, 0.25) is 11.8 Å². The smallest absolute Gasteiger partial charge is 0.408 e. The van der Waals surface area contributed by atoms with Crippen LogP contribution in [0.5, 0.6) is 0 Å². The van der Waals surface area contributed by atoms with Crippen molar-refractivity contribution in [1.82, 2.24) is 10.2 Å². The first-order chi connectivity index (χ1) is 10.6. The number of likely N-dealkylation sites (tertiary alicyclic amines) is 1. The van der Waals surface area contributed by atoms with E-state index >= 15 is 0 Å². The van der Waals surface area contributed by atoms with Crippen molar-refractivity contribution < 1.29 is 19.1 Å². The average Bonchev–Trinajstić information content (AvgIpc) is 2.90. The van der Waals surface area contributed by atoms with Gasteiger partial charge in [-0.3, -0.25) is 9.59 Å². The molecule has 1 heterocycles. The summed E-state index contributed by atoms with van der Waals surface area (Å²) >= 11 is 0. The van der Waals surface area contributed by atoms with Gasteiger partial charge in [0.1, 0.15) is 17.7 Å². The Balaban J connectivity index is 2.87. The molecule has 0 radical (unpaired) electrons. The highest BCUT2D eigenvalue weighted by molar-refractivity contribution is 5.91. The summed E-state index contributed by atoms with van der Waals surface area (Å²) in [7, 11) is 0. The fourth-order valence-corrected chi connectivity index (χ4v) is 2.62. The maximum Gasteiger partial charge on any atom is 0.408 e. The number of primary amides is 1. The van der Waals surface area contributed by atoms with E-state index in [1.165, 1.54) is 4.90 Å². The normalized spacial score (nSPS) is 20.7. The van der Waals surface area contributed by atoms with E-state index in [1.807, 2.05) is 13.8 Å². The molecule has 0 aliphatic carbocycles. The summed E-state index contributed by atoms with van der Waals surface area (Å²) in [6.07, 6.45) is 1.38. The lowest BCUT2D eigenvalue weighted by molar-refractivity contribution is -0.140. The predicted octanol–water partition coefficient (Wildman–Crippen LogP) is 1.40. The van der Waals surface area contributed by atoms with E-state index in [0.717, 1.165) is 6.42 Å². The molecule has 0 bridgehead atoms. The highest BCUT2D eigenvalue weighted by Gasteiger charge is 2.38. The molecule has 1 fully saturated rings. The third-order valence-electron chi connectivity index (χ3n) is 4.02. The van der Waals surface area contributed by atoms with Crippen LogP contribution in [0.1, 0.15) is 53.9 Å². The zero-order valence-corrected chi connectivity index (χ0v) is 14.7. The molecule has 1 aliphatic rings. The van der Waals surface area contributed by atoms with Gasteiger partial charge in [-0.15, -0.1) is 0 Å². The number of amides is 3. The fourth-order valence-electron chi connectivity index (χ4n) is 2.62. The molecule has 1 saturated heterocycles. The van der Waals surface area contributed by atoms with Crippen molar-refractivity contribution in [1.29, 1.82) is 0 Å². The summed E-state index contributed by atoms with van der Waals surface area (Å²) < 4.78 is 5.24. The first-order valence-corrected chi connectivity index (χ1v) is 8.16. The number of ether oxygens (including phenoxy) is 1. The van der Waals surface area contributed by atoms with E-state index in [4.69, 9.17) is 10.5 Å². The molecule has 3 atom stereocenters. The van der Waals surface area contributed by atoms with Crippen molar-refractivity contribution in [2.45, 2.75) is 71.6 Å². The maximum atomic E-state index is 12.8. The van der Waals surface area contributed by atoms with Gasteiger partial charge in [-0.05, 0) is 39.5 Å². The third-order valence-corrected chi connectivity index (χ3v) is 4.02. The zero-order chi connectivity index (χ0) is 17.8. The number of nitrogens with zero attached hydrogens (tertiary/aromatic N) is 1. The van der Waals surface area contributed by atoms with Crippen LogP contribution >= 0.6 is 0 Å². The Morgan fingerprint density at radius 2 is 1.96 bits per heavy atom. The lowest BCUT2D eigenvalue weighted by Crippen LogP contribution is -2.55. The Bertz CT molecular complexity index is 459. The number of rotatable bonds is 5. The molecular weight excluding hydrogens is 298 g/mol. The van der Waals surface area contributed by atoms with E-state index < -0.39 is 29.7 Å². The average molecular weight is 327 g/mol. The molecular formula is C16H29N3O4. The van der Waals surface area contributed by atoms with Gasteiger partial charge in [0.25, 0.3) is 0 Å². The Morgan fingerprint density at radius 1 is 1.35 bits per heavy atom. The summed E-state index contributed by atoms with van der Waals surface area (Å²) in [5.74, 6) is -0.855. The van der Waals surface area contributed by atoms with Gasteiger partial charge in [0, 0.05) is 6.54 Å². The molecule has 0 saturated carbocycles. The molecule has 0 aromatic carbocycles. The van der Waals surface area contributed by atoms with Crippen LogP contribution in [-0.4, -0.2) is 47.0 Å². The minimum Gasteiger partial charge on any atom is -0.444 e. The van der Waals surface area contributed by atoms with Crippen molar-refractivity contribution >= 4 is 17.9 Å². The van der Waals surface area contributed by atoms with Crippen molar-refractivity contribution in [2.75, 3.05) is 6.54 Å². The van der Waals surface area contributed by atoms with Crippen LogP contribution in [-0.2, 0) is 14.3 Å². The molecule has 0 unspecified atom stereocenters. The Labute approximate surface area is 137 Å². The maximum absolute atomic E-state index is 12.8. The standard InChI is InChI=1S/C16H29N3O4/c1-6-10(2)12(18-15(22)23-16(3,4)5)14(21)19-9-7-8-11(19)13(17)20/h10-12H,6-9H2,1-5H3,(H2,17,20)(H,18,22)/t10-,11-,12+/m0/s1. The molecule has 3 amide bonds. The van der Waals surface area contributed by atoms with Gasteiger partial charge in [-0.25, -0.2) is 4.79 Å². The second-order valence-corrected chi connectivity index (χ2v) is 7.10. The number of alkyl carbamates (subject to hydrolysis) is 1. The number of nitrogens with two attached hydrogens (primary N) is 1. The van der Waals surface area contributed by atoms with E-state index in [9.17, 15) is 14.4 Å². The van der Waals surface area contributed by atoms with Crippen LogP contribution in [0.3, 0.4) is 0 Å². The van der Waals surface area contributed by atoms with E-state index in [1.54, 1.807) is 20.8 Å². The minimum atomic E-state index is -0.727. The third kappa shape index (κ3) is 5.41. The molecule has 1 rings (SSSR count). The Kier molecular flexibility index (Phi) is 6.41. The Hall–Kier alpha value is -1.79. The van der Waals surface area contributed by atoms with Crippen LogP contribution in [0.4, 0.5) is 4.79 Å². The first-order valence-electron chi connectivity index (χ1n) is 8.16. The minimum absolute atomic E-state index is 0.0795. The van der Waals surface area contributed by atoms with Crippen molar-refractivity contribution in [3.05, 3.63) is 0 Å². The molecule has 0 aromatic rings. The summed E-state index contributed by atoms with van der Waals surface area (Å²) in [5, 5.41) is 2.66. The molecule has 0 spiro atoms. The van der Waals surface area contributed by atoms with Crippen LogP contribution in [0.25, 0.3) is 0 Å². The number of hydrogen-bond donors (Lipinski definition) is 2. The van der Waals surface area contributed by atoms with Gasteiger partial charge in [0.15, 0.2) is 0 Å². The lowest BCUT2D eigenvalue weighted by Gasteiger charge is -2.31. The summed E-state index contributed by atoms with van der Waals surface area (Å²) in [6.45, 7) is 9.59. The SMILES string of the molecule is CC[C@H](C)[C@@H](NC(=O)OC(C)(C)C)C(=O)N1CCC[C@H]1C(N)=O. The van der Waals surface area contributed by atoms with Crippen molar-refractivity contribution in [3.63, 3.8) is 0 Å². The highest BCUT2D eigenvalue weighted by Crippen LogP contribution is 2.21. The second-order valence-electron chi connectivity index (χ2n) is 7.10. The van der Waals surface area contributed by atoms with E-state index in [0.29, 0.717) is 19.4 Å². The first kappa shape index (κ1) is 19.3. The van der Waals surface area contributed by atoms with Gasteiger partial charge >= 0.3 is 6.09 Å². The molecule has 23 heavy (non-hydrogen) atoms. The quantitative estimate of drug-likeness (QED) is 0.797. The highest BCUT2D eigenvalue weighted by atomic mass is 16.6. The molecule has 7 heteroatoms. The van der Waals surface area contributed by atoms with Gasteiger partial charge in [-0.2, -0.15) is 0 Å². The molecule has 132 valence electrons. The van der Waals surface area contributed by atoms with E-state index in [2.05, 4.69) is 5.32 Å². The fraction of sp³-hybridized carbons (Fsp3) is 0.812. The number of carbonyl (C=O) groups excluding carboxylic acids is 3. The number of hydrogen-bond acceptors (Lipinski definition) is 4. The zero-order valence-electron chi connectivity index (χ0n) is 14.7. The summed E-state index contributed by atoms with van der Waals surface area (Å²) in [4.78, 5) is 37.8. The van der Waals surface area contributed by atoms with Crippen LogP contribution in [0.2, 0.25) is 0 Å². The number of carbonyl (C=O) groups is 3. The van der Waals surface area contributed by atoms with E-state index in [-0.39, 0.29) is 11.8 Å². The van der Waals surface area contributed by atoms with Crippen LogP contribution < -0.4 is 11.1 Å². The van der Waals surface area contributed by atoms with Crippen LogP contribution in [0.15, 0.2) is 0 Å². The van der Waals surface area contributed by atoms with Crippen molar-refractivity contribution in [2.24, 2.45) is 11.7 Å². The summed E-state index contributed by atoms with van der Waals surface area (Å²) in [5.41, 5.74) is 4.73. The lowest BCUT2D eigenvalue weighted by atomic mass is 9.97. The topological polar surface area (TPSA) is 102 Å². The monoisotopic (exact) mass is 327 g/mol. The Morgan fingerprint density at radius 3 is 2.43 bits per heavy atom. The van der Waals surface area contributed by atoms with Crippen molar-refractivity contribution in [3.8, 4) is 0 Å². The molecule has 7 nitrogen and oxygen atoms in total. The summed E-state index contributed by atoms with van der Waals surface area (Å²) in [6, 6.07) is -1.32. The second kappa shape index (κ2) is 7.66. The van der Waals surface area contributed by atoms with Gasteiger partial charge < -0.3 is 20.7 Å². The molecule has 1 aliphatic heterocycles. The number of nitrogens with one attached hydrogen (secondary N) is 1. The van der Waals surface area contributed by atoms with Gasteiger partial charge in [0.05, 0.1) is 0 Å². The molecule has 0 aromatic heterocycles.